The molecule has 1 nitrogen and oxygen atoms in total. The number of hydrogen-bond donors (Lipinski definition) is 1. The van der Waals surface area contributed by atoms with E-state index >= 15 is 0 Å². The maximum atomic E-state index is 12.6. The fourth-order valence-corrected chi connectivity index (χ4v) is 0.852. The largest absolute Gasteiger partial charge is 0.399 e. The summed E-state index contributed by atoms with van der Waals surface area (Å²) in [4.78, 5) is 0. The van der Waals surface area contributed by atoms with Gasteiger partial charge in [0.25, 0.3) is 0 Å². The Kier molecular flexibility index (Phi) is 1.56. The highest BCUT2D eigenvalue weighted by Crippen LogP contribution is 2.21. The van der Waals surface area contributed by atoms with Gasteiger partial charge in [-0.2, -0.15) is 0 Å². The molecule has 0 saturated heterocycles. The van der Waals surface area contributed by atoms with Crippen LogP contribution in [-0.4, -0.2) is 0 Å². The second-order valence-electron chi connectivity index (χ2n) is 2.23. The van der Waals surface area contributed by atoms with Crippen molar-refractivity contribution in [1.29, 1.82) is 0 Å². The lowest BCUT2D eigenvalue weighted by molar-refractivity contribution is 0.573. The normalized spacial score (nSPS) is 20.0. The molecule has 0 spiro atoms. The molecule has 50 valence electrons. The fraction of sp³-hybridized carbons (Fsp3) is 0.429. The highest BCUT2D eigenvalue weighted by Gasteiger charge is 2.07. The van der Waals surface area contributed by atoms with Crippen LogP contribution in [0.3, 0.4) is 0 Å². The molecule has 0 bridgehead atoms. The Balaban J connectivity index is 2.88. The summed E-state index contributed by atoms with van der Waals surface area (Å²) in [7, 11) is 0. The Hall–Kier alpha value is -0.790. The molecule has 1 aliphatic rings. The van der Waals surface area contributed by atoms with E-state index in [0.29, 0.717) is 17.7 Å². The maximum Gasteiger partial charge on any atom is 0.105 e. The van der Waals surface area contributed by atoms with Crippen LogP contribution >= 0.6 is 0 Å². The van der Waals surface area contributed by atoms with E-state index in [1.54, 1.807) is 6.92 Å². The summed E-state index contributed by atoms with van der Waals surface area (Å²) in [6.45, 7) is 1.71. The van der Waals surface area contributed by atoms with E-state index in [4.69, 9.17) is 5.73 Å². The third-order valence-corrected chi connectivity index (χ3v) is 1.57. The van der Waals surface area contributed by atoms with Crippen molar-refractivity contribution in [3.05, 3.63) is 23.2 Å². The topological polar surface area (TPSA) is 26.0 Å². The highest BCUT2D eigenvalue weighted by atomic mass is 19.1. The number of hydrogen-bond acceptors (Lipinski definition) is 1. The molecule has 1 rings (SSSR count). The van der Waals surface area contributed by atoms with Crippen LogP contribution in [-0.2, 0) is 0 Å². The van der Waals surface area contributed by atoms with Gasteiger partial charge in [0.1, 0.15) is 5.83 Å². The molecule has 0 radical (unpaired) electrons. The molecule has 1 aliphatic carbocycles. The molecular weight excluding hydrogens is 117 g/mol. The van der Waals surface area contributed by atoms with Gasteiger partial charge in [-0.15, -0.1) is 0 Å². The predicted molar refractivity (Wildman–Crippen MR) is 35.3 cm³/mol. The summed E-state index contributed by atoms with van der Waals surface area (Å²) < 4.78 is 12.6. The molecule has 0 aromatic rings. The van der Waals surface area contributed by atoms with Gasteiger partial charge in [-0.25, -0.2) is 4.39 Å². The molecule has 0 fully saturated rings. The molecule has 0 aromatic carbocycles. The first-order valence-electron chi connectivity index (χ1n) is 3.03. The first kappa shape index (κ1) is 6.33. The van der Waals surface area contributed by atoms with Crippen LogP contribution in [0.5, 0.6) is 0 Å². The smallest absolute Gasteiger partial charge is 0.105 e. The van der Waals surface area contributed by atoms with Crippen LogP contribution in [0.25, 0.3) is 0 Å². The quantitative estimate of drug-likeness (QED) is 0.528. The van der Waals surface area contributed by atoms with Crippen molar-refractivity contribution in [3.63, 3.8) is 0 Å². The van der Waals surface area contributed by atoms with E-state index in [-0.39, 0.29) is 5.83 Å². The van der Waals surface area contributed by atoms with Gasteiger partial charge < -0.3 is 5.73 Å². The Bertz CT molecular complexity index is 179. The zero-order valence-corrected chi connectivity index (χ0v) is 5.45. The van der Waals surface area contributed by atoms with Crippen molar-refractivity contribution in [2.24, 2.45) is 5.73 Å². The van der Waals surface area contributed by atoms with Gasteiger partial charge in [0.2, 0.25) is 0 Å². The molecule has 0 saturated carbocycles. The van der Waals surface area contributed by atoms with E-state index in [1.807, 2.05) is 6.08 Å². The van der Waals surface area contributed by atoms with Crippen molar-refractivity contribution in [2.45, 2.75) is 19.8 Å². The van der Waals surface area contributed by atoms with Gasteiger partial charge in [0.05, 0.1) is 0 Å². The second kappa shape index (κ2) is 2.21. The fourth-order valence-electron chi connectivity index (χ4n) is 0.852. The zero-order valence-electron chi connectivity index (χ0n) is 5.45. The zero-order chi connectivity index (χ0) is 6.85. The third-order valence-electron chi connectivity index (χ3n) is 1.57. The maximum absolute atomic E-state index is 12.6. The van der Waals surface area contributed by atoms with Gasteiger partial charge >= 0.3 is 0 Å². The van der Waals surface area contributed by atoms with E-state index in [0.717, 1.165) is 6.42 Å². The van der Waals surface area contributed by atoms with Gasteiger partial charge in [0.15, 0.2) is 0 Å². The minimum atomic E-state index is -0.0602. The van der Waals surface area contributed by atoms with Crippen LogP contribution in [0.4, 0.5) is 4.39 Å². The molecular formula is C7H10FN. The van der Waals surface area contributed by atoms with E-state index in [1.165, 1.54) is 0 Å². The predicted octanol–water partition coefficient (Wildman–Crippen LogP) is 1.87. The lowest BCUT2D eigenvalue weighted by Gasteiger charge is -2.08. The summed E-state index contributed by atoms with van der Waals surface area (Å²) in [6.07, 6.45) is 3.12. The van der Waals surface area contributed by atoms with Crippen LogP contribution in [0.15, 0.2) is 23.2 Å². The number of nitrogens with two attached hydrogens (primary N) is 1. The first-order valence-corrected chi connectivity index (χ1v) is 3.03. The Labute approximate surface area is 54.0 Å². The molecule has 0 aliphatic heterocycles. The van der Waals surface area contributed by atoms with E-state index in [9.17, 15) is 4.39 Å². The standard InChI is InChI=1S/C7H10FN/c1-5-6(8)3-2-4-7(5)9/h4H,2-3,9H2,1H3. The monoisotopic (exact) mass is 127 g/mol. The molecule has 9 heavy (non-hydrogen) atoms. The summed E-state index contributed by atoms with van der Waals surface area (Å²) in [5.74, 6) is -0.0602. The van der Waals surface area contributed by atoms with Crippen molar-refractivity contribution < 1.29 is 4.39 Å². The molecule has 0 atom stereocenters. The van der Waals surface area contributed by atoms with Crippen LogP contribution in [0.2, 0.25) is 0 Å². The van der Waals surface area contributed by atoms with Crippen LogP contribution in [0.1, 0.15) is 19.8 Å². The molecule has 2 heteroatoms. The summed E-state index contributed by atoms with van der Waals surface area (Å²) >= 11 is 0. The SMILES string of the molecule is CC1=C(F)CCC=C1N. The van der Waals surface area contributed by atoms with Crippen LogP contribution < -0.4 is 5.73 Å². The summed E-state index contributed by atoms with van der Waals surface area (Å²) in [5.41, 5.74) is 6.64. The average Bonchev–Trinajstić information content (AvgIpc) is 1.83. The first-order chi connectivity index (χ1) is 4.22. The Morgan fingerprint density at radius 1 is 1.67 bits per heavy atom. The minimum Gasteiger partial charge on any atom is -0.399 e. The highest BCUT2D eigenvalue weighted by molar-refractivity contribution is 5.31. The minimum absolute atomic E-state index is 0.0602. The van der Waals surface area contributed by atoms with Gasteiger partial charge in [0, 0.05) is 17.7 Å². The van der Waals surface area contributed by atoms with Gasteiger partial charge in [-0.05, 0) is 13.3 Å². The van der Waals surface area contributed by atoms with Gasteiger partial charge in [-0.3, -0.25) is 0 Å². The average molecular weight is 127 g/mol. The second-order valence-corrected chi connectivity index (χ2v) is 2.23. The number of allylic oxidation sites excluding steroid dienone is 3. The van der Waals surface area contributed by atoms with Gasteiger partial charge in [-0.1, -0.05) is 6.08 Å². The number of halogens is 1. The van der Waals surface area contributed by atoms with E-state index in [2.05, 4.69) is 0 Å². The molecule has 0 amide bonds. The molecule has 2 N–H and O–H groups in total. The third kappa shape index (κ3) is 1.12. The lowest BCUT2D eigenvalue weighted by Crippen LogP contribution is -2.03. The van der Waals surface area contributed by atoms with Crippen molar-refractivity contribution in [1.82, 2.24) is 0 Å². The molecule has 0 heterocycles. The Morgan fingerprint density at radius 3 is 2.78 bits per heavy atom. The summed E-state index contributed by atoms with van der Waals surface area (Å²) in [5, 5.41) is 0. The Morgan fingerprint density at radius 2 is 2.33 bits per heavy atom. The van der Waals surface area contributed by atoms with Crippen molar-refractivity contribution >= 4 is 0 Å². The van der Waals surface area contributed by atoms with Crippen molar-refractivity contribution in [3.8, 4) is 0 Å². The summed E-state index contributed by atoms with van der Waals surface area (Å²) in [6, 6.07) is 0. The number of rotatable bonds is 0. The van der Waals surface area contributed by atoms with E-state index < -0.39 is 0 Å². The lowest BCUT2D eigenvalue weighted by atomic mass is 10.0. The molecule has 0 aromatic heterocycles. The van der Waals surface area contributed by atoms with Crippen molar-refractivity contribution in [2.75, 3.05) is 0 Å². The van der Waals surface area contributed by atoms with Crippen LogP contribution in [0, 0.1) is 0 Å². The molecule has 0 unspecified atom stereocenters.